The SMILES string of the molecule is O=C(O)c1ccc(C(c2cc3cc(C(F)(F)F)ccc3[nH]2)S(=O)(=O)c2cccc(Br)c2)cc1. The lowest BCUT2D eigenvalue weighted by Gasteiger charge is -2.18. The minimum atomic E-state index is -4.54. The summed E-state index contributed by atoms with van der Waals surface area (Å²) in [4.78, 5) is 14.1. The van der Waals surface area contributed by atoms with Crippen LogP contribution < -0.4 is 0 Å². The Hall–Kier alpha value is -3.11. The van der Waals surface area contributed by atoms with Gasteiger partial charge in [-0.05, 0) is 60.2 Å². The van der Waals surface area contributed by atoms with Crippen LogP contribution in [0, 0.1) is 0 Å². The minimum absolute atomic E-state index is 0.00109. The number of hydrogen-bond acceptors (Lipinski definition) is 3. The number of carboxylic acid groups (broad SMARTS) is 1. The molecule has 4 rings (SSSR count). The summed E-state index contributed by atoms with van der Waals surface area (Å²) in [7, 11) is -4.08. The number of aromatic amines is 1. The van der Waals surface area contributed by atoms with Crippen LogP contribution in [0.25, 0.3) is 10.9 Å². The van der Waals surface area contributed by atoms with Crippen molar-refractivity contribution in [1.82, 2.24) is 4.98 Å². The molecular formula is C23H15BrF3NO4S. The molecule has 2 N–H and O–H groups in total. The van der Waals surface area contributed by atoms with Crippen LogP contribution in [-0.4, -0.2) is 24.5 Å². The first-order valence-electron chi connectivity index (χ1n) is 9.49. The summed E-state index contributed by atoms with van der Waals surface area (Å²) >= 11 is 3.25. The molecule has 1 unspecified atom stereocenters. The molecule has 0 amide bonds. The number of sulfone groups is 1. The number of aromatic nitrogens is 1. The average molecular weight is 538 g/mol. The van der Waals surface area contributed by atoms with Gasteiger partial charge < -0.3 is 10.1 Å². The van der Waals surface area contributed by atoms with Gasteiger partial charge in [0.15, 0.2) is 9.84 Å². The first-order valence-corrected chi connectivity index (χ1v) is 11.8. The number of carboxylic acids is 1. The molecule has 1 aromatic heterocycles. The lowest BCUT2D eigenvalue weighted by molar-refractivity contribution is -0.137. The number of nitrogens with one attached hydrogen (secondary N) is 1. The molecule has 0 radical (unpaired) electrons. The van der Waals surface area contributed by atoms with Gasteiger partial charge >= 0.3 is 12.1 Å². The smallest absolute Gasteiger partial charge is 0.416 e. The summed E-state index contributed by atoms with van der Waals surface area (Å²) in [5, 5.41) is 8.06. The number of hydrogen-bond donors (Lipinski definition) is 2. The predicted molar refractivity (Wildman–Crippen MR) is 120 cm³/mol. The quantitative estimate of drug-likeness (QED) is 0.316. The number of fused-ring (bicyclic) bond motifs is 1. The lowest BCUT2D eigenvalue weighted by atomic mass is 10.1. The number of alkyl halides is 3. The van der Waals surface area contributed by atoms with Gasteiger partial charge in [0.25, 0.3) is 0 Å². The molecule has 0 aliphatic rings. The summed E-state index contributed by atoms with van der Waals surface area (Å²) < 4.78 is 67.3. The third-order valence-corrected chi connectivity index (χ3v) is 7.70. The molecule has 5 nitrogen and oxygen atoms in total. The molecule has 0 bridgehead atoms. The zero-order chi connectivity index (χ0) is 24.0. The van der Waals surface area contributed by atoms with E-state index in [9.17, 15) is 26.4 Å². The third-order valence-electron chi connectivity index (χ3n) is 5.15. The Balaban J connectivity index is 1.91. The molecule has 4 aromatic rings. The normalized spacial score (nSPS) is 13.2. The van der Waals surface area contributed by atoms with Crippen LogP contribution in [0.1, 0.15) is 32.4 Å². The van der Waals surface area contributed by atoms with Crippen LogP contribution >= 0.6 is 15.9 Å². The fourth-order valence-corrected chi connectivity index (χ4v) is 5.94. The monoisotopic (exact) mass is 537 g/mol. The lowest BCUT2D eigenvalue weighted by Crippen LogP contribution is -2.16. The van der Waals surface area contributed by atoms with Crippen LogP contribution in [0.2, 0.25) is 0 Å². The van der Waals surface area contributed by atoms with Gasteiger partial charge in [-0.3, -0.25) is 0 Å². The Kier molecular flexibility index (Phi) is 5.83. The predicted octanol–water partition coefficient (Wildman–Crippen LogP) is 6.21. The number of aromatic carboxylic acids is 1. The van der Waals surface area contributed by atoms with Crippen molar-refractivity contribution in [2.75, 3.05) is 0 Å². The van der Waals surface area contributed by atoms with E-state index in [1.807, 2.05) is 0 Å². The highest BCUT2D eigenvalue weighted by molar-refractivity contribution is 9.10. The number of carbonyl (C=O) groups is 1. The number of halogens is 4. The fraction of sp³-hybridized carbons (Fsp3) is 0.0870. The van der Waals surface area contributed by atoms with Crippen molar-refractivity contribution < 1.29 is 31.5 Å². The summed E-state index contributed by atoms with van der Waals surface area (Å²) in [5.74, 6) is -1.17. The summed E-state index contributed by atoms with van der Waals surface area (Å²) in [6.45, 7) is 0. The molecule has 1 heterocycles. The van der Waals surface area contributed by atoms with Gasteiger partial charge in [-0.2, -0.15) is 13.2 Å². The van der Waals surface area contributed by atoms with Gasteiger partial charge in [0.05, 0.1) is 16.0 Å². The second-order valence-electron chi connectivity index (χ2n) is 7.33. The van der Waals surface area contributed by atoms with Crippen molar-refractivity contribution >= 4 is 42.6 Å². The maximum Gasteiger partial charge on any atom is 0.416 e. The molecular weight excluding hydrogens is 523 g/mol. The molecule has 1 atom stereocenters. The Morgan fingerprint density at radius 2 is 1.67 bits per heavy atom. The highest BCUT2D eigenvalue weighted by Crippen LogP contribution is 2.38. The molecule has 0 saturated carbocycles. The van der Waals surface area contributed by atoms with E-state index in [0.717, 1.165) is 12.1 Å². The summed E-state index contributed by atoms with van der Waals surface area (Å²) in [5.41, 5.74) is -0.105. The van der Waals surface area contributed by atoms with E-state index in [-0.39, 0.29) is 27.1 Å². The number of H-pyrrole nitrogens is 1. The molecule has 10 heteroatoms. The van der Waals surface area contributed by atoms with Crippen LogP contribution in [0.5, 0.6) is 0 Å². The second-order valence-corrected chi connectivity index (χ2v) is 10.3. The van der Waals surface area contributed by atoms with Crippen molar-refractivity contribution in [1.29, 1.82) is 0 Å². The van der Waals surface area contributed by atoms with Gasteiger partial charge in [-0.25, -0.2) is 13.2 Å². The van der Waals surface area contributed by atoms with E-state index < -0.39 is 32.8 Å². The molecule has 0 saturated heterocycles. The fourth-order valence-electron chi connectivity index (χ4n) is 3.58. The van der Waals surface area contributed by atoms with Crippen molar-refractivity contribution in [3.63, 3.8) is 0 Å². The largest absolute Gasteiger partial charge is 0.478 e. The summed E-state index contributed by atoms with van der Waals surface area (Å²) in [6.07, 6.45) is -4.54. The highest BCUT2D eigenvalue weighted by atomic mass is 79.9. The van der Waals surface area contributed by atoms with Crippen molar-refractivity contribution in [3.8, 4) is 0 Å². The van der Waals surface area contributed by atoms with Gasteiger partial charge in [0.1, 0.15) is 5.25 Å². The molecule has 170 valence electrons. The molecule has 33 heavy (non-hydrogen) atoms. The first kappa shape index (κ1) is 23.1. The molecule has 0 aliphatic carbocycles. The van der Waals surface area contributed by atoms with Gasteiger partial charge in [0, 0.05) is 21.1 Å². The Labute approximate surface area is 194 Å². The first-order chi connectivity index (χ1) is 15.5. The van der Waals surface area contributed by atoms with Crippen molar-refractivity contribution in [2.24, 2.45) is 0 Å². The number of benzene rings is 3. The van der Waals surface area contributed by atoms with E-state index in [1.165, 1.54) is 48.5 Å². The third kappa shape index (κ3) is 4.53. The molecule has 3 aromatic carbocycles. The molecule has 0 aliphatic heterocycles. The zero-order valence-electron chi connectivity index (χ0n) is 16.6. The van der Waals surface area contributed by atoms with E-state index in [0.29, 0.717) is 9.99 Å². The van der Waals surface area contributed by atoms with E-state index in [2.05, 4.69) is 20.9 Å². The molecule has 0 spiro atoms. The van der Waals surface area contributed by atoms with Crippen molar-refractivity contribution in [3.05, 3.63) is 99.7 Å². The van der Waals surface area contributed by atoms with Crippen LogP contribution in [0.15, 0.2) is 82.2 Å². The van der Waals surface area contributed by atoms with E-state index in [4.69, 9.17) is 5.11 Å². The van der Waals surface area contributed by atoms with Gasteiger partial charge in [-0.15, -0.1) is 0 Å². The zero-order valence-corrected chi connectivity index (χ0v) is 19.0. The maximum atomic E-state index is 13.7. The van der Waals surface area contributed by atoms with Crippen molar-refractivity contribution in [2.45, 2.75) is 16.3 Å². The Bertz CT molecular complexity index is 1460. The number of rotatable bonds is 5. The standard InChI is InChI=1S/C23H15BrF3NO4S/c24-17-2-1-3-18(12-17)33(31,32)21(13-4-6-14(7-5-13)22(29)30)20-11-15-10-16(23(25,26)27)8-9-19(15)28-20/h1-12,21,28H,(H,29,30). The second kappa shape index (κ2) is 8.35. The Morgan fingerprint density at radius 1 is 0.970 bits per heavy atom. The van der Waals surface area contributed by atoms with Gasteiger partial charge in [-0.1, -0.05) is 34.1 Å². The average Bonchev–Trinajstić information content (AvgIpc) is 3.16. The van der Waals surface area contributed by atoms with Crippen LogP contribution in [0.3, 0.4) is 0 Å². The van der Waals surface area contributed by atoms with Crippen LogP contribution in [0.4, 0.5) is 13.2 Å². The minimum Gasteiger partial charge on any atom is -0.478 e. The molecule has 0 fully saturated rings. The maximum absolute atomic E-state index is 13.7. The van der Waals surface area contributed by atoms with E-state index >= 15 is 0 Å². The summed E-state index contributed by atoms with van der Waals surface area (Å²) in [6, 6.07) is 15.9. The highest BCUT2D eigenvalue weighted by Gasteiger charge is 2.34. The van der Waals surface area contributed by atoms with E-state index in [1.54, 1.807) is 12.1 Å². The Morgan fingerprint density at radius 3 is 2.27 bits per heavy atom. The topological polar surface area (TPSA) is 87.2 Å². The van der Waals surface area contributed by atoms with Gasteiger partial charge in [0.2, 0.25) is 0 Å². The van der Waals surface area contributed by atoms with Crippen LogP contribution in [-0.2, 0) is 16.0 Å².